The van der Waals surface area contributed by atoms with Crippen molar-refractivity contribution >= 4 is 11.6 Å². The minimum absolute atomic E-state index is 0.170. The van der Waals surface area contributed by atoms with E-state index in [0.29, 0.717) is 11.8 Å². The third-order valence-electron chi connectivity index (χ3n) is 3.98. The van der Waals surface area contributed by atoms with E-state index in [9.17, 15) is 5.11 Å². The molecule has 1 aliphatic rings. The van der Waals surface area contributed by atoms with Crippen molar-refractivity contribution < 1.29 is 5.11 Å². The second-order valence-corrected chi connectivity index (χ2v) is 5.63. The molecule has 0 amide bonds. The van der Waals surface area contributed by atoms with E-state index in [1.165, 1.54) is 5.56 Å². The summed E-state index contributed by atoms with van der Waals surface area (Å²) in [7, 11) is 0. The molecule has 1 nitrogen and oxygen atoms in total. The Balaban J connectivity index is 2.04. The number of aliphatic hydroxyl groups is 1. The van der Waals surface area contributed by atoms with E-state index in [0.717, 1.165) is 31.3 Å². The Morgan fingerprint density at radius 3 is 2.72 bits per heavy atom. The van der Waals surface area contributed by atoms with Gasteiger partial charge in [0.05, 0.1) is 6.10 Å². The maximum absolute atomic E-state index is 10.1. The lowest BCUT2D eigenvalue weighted by Crippen LogP contribution is -2.28. The Morgan fingerprint density at radius 1 is 1.33 bits per heavy atom. The molecule has 2 heteroatoms. The summed E-state index contributed by atoms with van der Waals surface area (Å²) in [6.07, 6.45) is 3.79. The summed E-state index contributed by atoms with van der Waals surface area (Å²) in [6.45, 7) is 2.03. The second kappa shape index (κ2) is 6.40. The van der Waals surface area contributed by atoms with Crippen molar-refractivity contribution in [2.45, 2.75) is 44.6 Å². The van der Waals surface area contributed by atoms with Gasteiger partial charge in [0.1, 0.15) is 0 Å². The number of halogens is 1. The fraction of sp³-hybridized carbons (Fsp3) is 0.500. The summed E-state index contributed by atoms with van der Waals surface area (Å²) in [5.74, 6) is 0.932. The quantitative estimate of drug-likeness (QED) is 0.854. The Kier molecular flexibility index (Phi) is 4.85. The van der Waals surface area contributed by atoms with Gasteiger partial charge in [0, 0.05) is 5.54 Å². The summed E-state index contributed by atoms with van der Waals surface area (Å²) >= 11 is 5.73. The standard InChI is InChI=1S/C16H21ClO/c1-12(11-17)9-15-10-14(7-8-16(15)18)13-5-3-2-4-6-13/h2-6,11,14-16,18H,7-10H2,1H3/b12-11-. The maximum atomic E-state index is 10.1. The maximum Gasteiger partial charge on any atom is 0.0571 e. The van der Waals surface area contributed by atoms with Crippen LogP contribution >= 0.6 is 11.6 Å². The average molecular weight is 265 g/mol. The van der Waals surface area contributed by atoms with Crippen molar-refractivity contribution in [2.24, 2.45) is 5.92 Å². The van der Waals surface area contributed by atoms with Gasteiger partial charge in [-0.05, 0) is 50.0 Å². The molecule has 3 atom stereocenters. The van der Waals surface area contributed by atoms with Gasteiger partial charge in [0.2, 0.25) is 0 Å². The minimum atomic E-state index is -0.170. The molecule has 0 bridgehead atoms. The Morgan fingerprint density at radius 2 is 2.06 bits per heavy atom. The number of rotatable bonds is 3. The molecule has 0 aromatic heterocycles. The number of aliphatic hydroxyl groups excluding tert-OH is 1. The van der Waals surface area contributed by atoms with Crippen molar-refractivity contribution in [2.75, 3.05) is 0 Å². The zero-order valence-electron chi connectivity index (χ0n) is 10.8. The molecule has 3 unspecified atom stereocenters. The fourth-order valence-electron chi connectivity index (χ4n) is 2.95. The van der Waals surface area contributed by atoms with Crippen molar-refractivity contribution in [1.29, 1.82) is 0 Å². The zero-order valence-corrected chi connectivity index (χ0v) is 11.6. The molecular weight excluding hydrogens is 244 g/mol. The summed E-state index contributed by atoms with van der Waals surface area (Å²) in [5, 5.41) is 10.1. The number of allylic oxidation sites excluding steroid dienone is 1. The Hall–Kier alpha value is -0.790. The molecule has 1 aliphatic carbocycles. The second-order valence-electron chi connectivity index (χ2n) is 5.41. The van der Waals surface area contributed by atoms with Gasteiger partial charge in [0.25, 0.3) is 0 Å². The van der Waals surface area contributed by atoms with Crippen LogP contribution in [0.2, 0.25) is 0 Å². The van der Waals surface area contributed by atoms with Crippen LogP contribution in [0.1, 0.15) is 44.1 Å². The van der Waals surface area contributed by atoms with Gasteiger partial charge in [-0.15, -0.1) is 0 Å². The van der Waals surface area contributed by atoms with Gasteiger partial charge in [-0.25, -0.2) is 0 Å². The smallest absolute Gasteiger partial charge is 0.0571 e. The molecule has 1 aromatic rings. The van der Waals surface area contributed by atoms with Crippen LogP contribution in [0.5, 0.6) is 0 Å². The van der Waals surface area contributed by atoms with Crippen LogP contribution in [-0.2, 0) is 0 Å². The monoisotopic (exact) mass is 264 g/mol. The Bertz CT molecular complexity index is 399. The molecular formula is C16H21ClO. The molecule has 0 radical (unpaired) electrons. The number of hydrogen-bond donors (Lipinski definition) is 1. The average Bonchev–Trinajstić information content (AvgIpc) is 2.42. The predicted molar refractivity (Wildman–Crippen MR) is 76.8 cm³/mol. The van der Waals surface area contributed by atoms with Gasteiger partial charge in [-0.2, -0.15) is 0 Å². The van der Waals surface area contributed by atoms with E-state index in [1.54, 1.807) is 5.54 Å². The van der Waals surface area contributed by atoms with Crippen molar-refractivity contribution in [3.8, 4) is 0 Å². The van der Waals surface area contributed by atoms with E-state index >= 15 is 0 Å². The van der Waals surface area contributed by atoms with Gasteiger partial charge < -0.3 is 5.11 Å². The highest BCUT2D eigenvalue weighted by atomic mass is 35.5. The number of hydrogen-bond acceptors (Lipinski definition) is 1. The van der Waals surface area contributed by atoms with Crippen LogP contribution in [0, 0.1) is 5.92 Å². The Labute approximate surface area is 114 Å². The molecule has 0 spiro atoms. The summed E-state index contributed by atoms with van der Waals surface area (Å²) in [4.78, 5) is 0. The predicted octanol–water partition coefficient (Wildman–Crippen LogP) is 4.46. The fourth-order valence-corrected chi connectivity index (χ4v) is 3.04. The molecule has 98 valence electrons. The topological polar surface area (TPSA) is 20.2 Å². The van der Waals surface area contributed by atoms with Crippen LogP contribution in [0.25, 0.3) is 0 Å². The molecule has 1 fully saturated rings. The third kappa shape index (κ3) is 3.37. The first kappa shape index (κ1) is 13.6. The molecule has 0 heterocycles. The molecule has 0 aliphatic heterocycles. The largest absolute Gasteiger partial charge is 0.393 e. The molecule has 1 saturated carbocycles. The van der Waals surface area contributed by atoms with Gasteiger partial charge in [-0.1, -0.05) is 47.5 Å². The zero-order chi connectivity index (χ0) is 13.0. The molecule has 18 heavy (non-hydrogen) atoms. The third-order valence-corrected chi connectivity index (χ3v) is 4.36. The van der Waals surface area contributed by atoms with Crippen LogP contribution < -0.4 is 0 Å². The lowest BCUT2D eigenvalue weighted by atomic mass is 9.74. The summed E-state index contributed by atoms with van der Waals surface area (Å²) < 4.78 is 0. The van der Waals surface area contributed by atoms with Crippen molar-refractivity contribution in [1.82, 2.24) is 0 Å². The van der Waals surface area contributed by atoms with Crippen LogP contribution in [0.4, 0.5) is 0 Å². The number of benzene rings is 1. The SMILES string of the molecule is C/C(=C/Cl)CC1CC(c2ccccc2)CCC1O. The molecule has 0 saturated heterocycles. The van der Waals surface area contributed by atoms with Gasteiger partial charge in [-0.3, -0.25) is 0 Å². The highest BCUT2D eigenvalue weighted by molar-refractivity contribution is 6.25. The van der Waals surface area contributed by atoms with Crippen LogP contribution in [-0.4, -0.2) is 11.2 Å². The molecule has 1 N–H and O–H groups in total. The lowest BCUT2D eigenvalue weighted by Gasteiger charge is -2.33. The van der Waals surface area contributed by atoms with Crippen molar-refractivity contribution in [3.63, 3.8) is 0 Å². The van der Waals surface area contributed by atoms with Gasteiger partial charge in [0.15, 0.2) is 0 Å². The van der Waals surface area contributed by atoms with Gasteiger partial charge >= 0.3 is 0 Å². The van der Waals surface area contributed by atoms with E-state index in [2.05, 4.69) is 30.3 Å². The highest BCUT2D eigenvalue weighted by Crippen LogP contribution is 2.38. The normalized spacial score (nSPS) is 29.3. The summed E-state index contributed by atoms with van der Waals surface area (Å²) in [6, 6.07) is 10.6. The first-order chi connectivity index (χ1) is 8.70. The highest BCUT2D eigenvalue weighted by Gasteiger charge is 2.29. The first-order valence-electron chi connectivity index (χ1n) is 6.69. The van der Waals surface area contributed by atoms with E-state index in [4.69, 9.17) is 11.6 Å². The molecule has 2 rings (SSSR count). The first-order valence-corrected chi connectivity index (χ1v) is 7.13. The van der Waals surface area contributed by atoms with E-state index in [-0.39, 0.29) is 6.10 Å². The van der Waals surface area contributed by atoms with E-state index < -0.39 is 0 Å². The van der Waals surface area contributed by atoms with Crippen LogP contribution in [0.3, 0.4) is 0 Å². The van der Waals surface area contributed by atoms with Crippen molar-refractivity contribution in [3.05, 3.63) is 47.0 Å². The molecule has 1 aromatic carbocycles. The lowest BCUT2D eigenvalue weighted by molar-refractivity contribution is 0.0620. The minimum Gasteiger partial charge on any atom is -0.393 e. The van der Waals surface area contributed by atoms with Crippen LogP contribution in [0.15, 0.2) is 41.4 Å². The van der Waals surface area contributed by atoms with E-state index in [1.807, 2.05) is 6.92 Å². The summed E-state index contributed by atoms with van der Waals surface area (Å²) in [5.41, 5.74) is 4.20.